The van der Waals surface area contributed by atoms with E-state index in [1.54, 1.807) is 0 Å². The molecule has 19 heteroatoms. The molecule has 0 saturated heterocycles. The minimum absolute atomic E-state index is 0.104. The van der Waals surface area contributed by atoms with Gasteiger partial charge in [0.25, 0.3) is 0 Å². The van der Waals surface area contributed by atoms with Crippen molar-refractivity contribution in [1.29, 1.82) is 0 Å². The molecular formula is C86H168O17P2. The first-order valence-corrected chi connectivity index (χ1v) is 47.3. The molecule has 0 fully saturated rings. The first kappa shape index (κ1) is 103. The monoisotopic (exact) mass is 1540 g/mol. The molecule has 0 aliphatic heterocycles. The van der Waals surface area contributed by atoms with Crippen molar-refractivity contribution in [2.45, 2.75) is 465 Å². The Morgan fingerprint density at radius 3 is 0.676 bits per heavy atom. The Labute approximate surface area is 645 Å². The van der Waals surface area contributed by atoms with Crippen LogP contribution < -0.4 is 0 Å². The van der Waals surface area contributed by atoms with Gasteiger partial charge < -0.3 is 33.8 Å². The lowest BCUT2D eigenvalue weighted by atomic mass is 9.99. The zero-order valence-electron chi connectivity index (χ0n) is 69.4. The van der Waals surface area contributed by atoms with E-state index in [0.717, 1.165) is 114 Å². The van der Waals surface area contributed by atoms with Crippen LogP contribution in [0.4, 0.5) is 0 Å². The summed E-state index contributed by atoms with van der Waals surface area (Å²) in [6.45, 7) is 14.3. The maximum absolute atomic E-state index is 13.1. The molecule has 0 aromatic carbocycles. The van der Waals surface area contributed by atoms with Crippen LogP contribution in [-0.4, -0.2) is 96.7 Å². The smallest absolute Gasteiger partial charge is 0.462 e. The van der Waals surface area contributed by atoms with E-state index in [1.165, 1.54) is 244 Å². The summed E-state index contributed by atoms with van der Waals surface area (Å²) in [5, 5.41) is 10.7. The Morgan fingerprint density at radius 2 is 0.457 bits per heavy atom. The summed E-state index contributed by atoms with van der Waals surface area (Å²) in [6.07, 6.45) is 64.1. The quantitative estimate of drug-likeness (QED) is 0.0222. The van der Waals surface area contributed by atoms with E-state index in [-0.39, 0.29) is 25.7 Å². The van der Waals surface area contributed by atoms with Gasteiger partial charge in [-0.2, -0.15) is 0 Å². The Hall–Kier alpha value is -1.94. The molecular weight excluding hydrogens is 1370 g/mol. The second-order valence-corrected chi connectivity index (χ2v) is 35.3. The van der Waals surface area contributed by atoms with E-state index in [1.807, 2.05) is 0 Å². The van der Waals surface area contributed by atoms with Crippen molar-refractivity contribution in [1.82, 2.24) is 0 Å². The zero-order valence-corrected chi connectivity index (χ0v) is 71.2. The molecule has 7 atom stereocenters. The molecule has 0 aromatic heterocycles. The molecule has 105 heavy (non-hydrogen) atoms. The van der Waals surface area contributed by atoms with Crippen LogP contribution in [-0.2, 0) is 65.4 Å². The van der Waals surface area contributed by atoms with Crippen LogP contribution >= 0.6 is 15.6 Å². The maximum atomic E-state index is 13.1. The summed E-state index contributed by atoms with van der Waals surface area (Å²) >= 11 is 0. The van der Waals surface area contributed by atoms with Crippen LogP contribution in [0.1, 0.15) is 447 Å². The number of carbonyl (C=O) groups excluding carboxylic acids is 4. The van der Waals surface area contributed by atoms with Crippen LogP contribution in [0.3, 0.4) is 0 Å². The lowest BCUT2D eigenvalue weighted by Crippen LogP contribution is -2.30. The zero-order chi connectivity index (χ0) is 77.4. The van der Waals surface area contributed by atoms with Gasteiger partial charge in [-0.05, 0) is 49.4 Å². The molecule has 3 N–H and O–H groups in total. The molecule has 0 saturated carbocycles. The van der Waals surface area contributed by atoms with Crippen LogP contribution in [0.15, 0.2) is 0 Å². The predicted molar refractivity (Wildman–Crippen MR) is 432 cm³/mol. The van der Waals surface area contributed by atoms with Crippen LogP contribution in [0.25, 0.3) is 0 Å². The average molecular weight is 1540 g/mol. The Balaban J connectivity index is 5.18. The fraction of sp³-hybridized carbons (Fsp3) is 0.953. The number of unbranched alkanes of at least 4 members (excludes halogenated alkanes) is 47. The van der Waals surface area contributed by atoms with Gasteiger partial charge in [0.15, 0.2) is 12.2 Å². The fourth-order valence-electron chi connectivity index (χ4n) is 13.3. The summed E-state index contributed by atoms with van der Waals surface area (Å²) in [4.78, 5) is 73.1. The average Bonchev–Trinajstić information content (AvgIpc) is 0.923. The number of hydrogen-bond acceptors (Lipinski definition) is 15. The molecule has 17 nitrogen and oxygen atoms in total. The third-order valence-corrected chi connectivity index (χ3v) is 22.7. The van der Waals surface area contributed by atoms with Crippen LogP contribution in [0.5, 0.6) is 0 Å². The number of phosphoric acid groups is 2. The molecule has 0 spiro atoms. The standard InChI is InChI=1S/C86H168O17P2/c1-9-78(7)64-56-48-40-31-27-23-19-15-11-13-17-21-25-29-33-42-50-58-66-83(88)96-72-81(102-85(90)68-60-52-43-34-30-26-22-18-14-12-16-20-24-28-32-41-49-57-65-79(8)10-2)74-100-104(92,93)98-70-80(87)71-99-105(94,95)101-75-82(73-97-84(89)67-59-51-45-37-39-47-55-63-77(5)6)103-86(91)69-61-53-44-36-35-38-46-54-62-76(3)4/h76-82,87H,9-75H2,1-8H3,(H,92,93)(H,94,95)/t78?,79?,80?,81-,82-/m1/s1. The number of aliphatic hydroxyl groups is 1. The number of phosphoric ester groups is 2. The summed E-state index contributed by atoms with van der Waals surface area (Å²) in [5.41, 5.74) is 0. The Bertz CT molecular complexity index is 2050. The molecule has 0 aliphatic rings. The van der Waals surface area contributed by atoms with Crippen molar-refractivity contribution in [3.63, 3.8) is 0 Å². The van der Waals surface area contributed by atoms with E-state index >= 15 is 0 Å². The predicted octanol–water partition coefficient (Wildman–Crippen LogP) is 25.9. The minimum atomic E-state index is -4.97. The summed E-state index contributed by atoms with van der Waals surface area (Å²) in [5.74, 6) is 1.06. The van der Waals surface area contributed by atoms with Crippen molar-refractivity contribution in [2.75, 3.05) is 39.6 Å². The summed E-state index contributed by atoms with van der Waals surface area (Å²) in [7, 11) is -9.93. The molecule has 624 valence electrons. The van der Waals surface area contributed by atoms with Crippen molar-refractivity contribution in [2.24, 2.45) is 23.7 Å². The molecule has 5 unspecified atom stereocenters. The van der Waals surface area contributed by atoms with Gasteiger partial charge in [0.1, 0.15) is 19.3 Å². The van der Waals surface area contributed by atoms with Crippen molar-refractivity contribution >= 4 is 39.5 Å². The van der Waals surface area contributed by atoms with E-state index in [2.05, 4.69) is 55.4 Å². The lowest BCUT2D eigenvalue weighted by Gasteiger charge is -2.21. The molecule has 0 aromatic rings. The van der Waals surface area contributed by atoms with Crippen LogP contribution in [0, 0.1) is 23.7 Å². The van der Waals surface area contributed by atoms with Gasteiger partial charge in [0.05, 0.1) is 26.4 Å². The highest BCUT2D eigenvalue weighted by atomic mass is 31.2. The van der Waals surface area contributed by atoms with Gasteiger partial charge in [-0.25, -0.2) is 9.13 Å². The minimum Gasteiger partial charge on any atom is -0.462 e. The molecule has 0 bridgehead atoms. The number of rotatable bonds is 83. The second kappa shape index (κ2) is 74.8. The first-order valence-electron chi connectivity index (χ1n) is 44.3. The highest BCUT2D eigenvalue weighted by molar-refractivity contribution is 7.47. The number of aliphatic hydroxyl groups excluding tert-OH is 1. The van der Waals surface area contributed by atoms with E-state index in [9.17, 15) is 43.2 Å². The van der Waals surface area contributed by atoms with Gasteiger partial charge in [0, 0.05) is 25.7 Å². The SMILES string of the molecule is CCC(C)CCCCCCCCCCCCCCCCCCCCC(=O)OC[C@H](COP(=O)(O)OCC(O)COP(=O)(O)OC[C@@H](COC(=O)CCCCCCCCCC(C)C)OC(=O)CCCCCCCCCCC(C)C)OC(=O)CCCCCCCCCCCCCCCCCCCCC(C)CC. The molecule has 0 amide bonds. The largest absolute Gasteiger partial charge is 0.472 e. The molecule has 0 heterocycles. The van der Waals surface area contributed by atoms with Gasteiger partial charge >= 0.3 is 39.5 Å². The summed E-state index contributed by atoms with van der Waals surface area (Å²) < 4.78 is 68.8. The number of hydrogen-bond donors (Lipinski definition) is 3. The molecule has 0 aliphatic carbocycles. The number of carbonyl (C=O) groups is 4. The fourth-order valence-corrected chi connectivity index (χ4v) is 14.8. The highest BCUT2D eigenvalue weighted by Gasteiger charge is 2.31. The van der Waals surface area contributed by atoms with E-state index in [4.69, 9.17) is 37.0 Å². The van der Waals surface area contributed by atoms with Gasteiger partial charge in [0.2, 0.25) is 0 Å². The molecule has 0 radical (unpaired) electrons. The lowest BCUT2D eigenvalue weighted by molar-refractivity contribution is -0.161. The van der Waals surface area contributed by atoms with Crippen molar-refractivity contribution < 1.29 is 80.2 Å². The van der Waals surface area contributed by atoms with Gasteiger partial charge in [-0.15, -0.1) is 0 Å². The second-order valence-electron chi connectivity index (χ2n) is 32.4. The van der Waals surface area contributed by atoms with Crippen molar-refractivity contribution in [3.8, 4) is 0 Å². The molecule has 0 rings (SSSR count). The maximum Gasteiger partial charge on any atom is 0.472 e. The van der Waals surface area contributed by atoms with Gasteiger partial charge in [-0.1, -0.05) is 396 Å². The Morgan fingerprint density at radius 1 is 0.267 bits per heavy atom. The topological polar surface area (TPSA) is 237 Å². The van der Waals surface area contributed by atoms with E-state index < -0.39 is 97.5 Å². The van der Waals surface area contributed by atoms with Crippen molar-refractivity contribution in [3.05, 3.63) is 0 Å². The third-order valence-electron chi connectivity index (χ3n) is 20.8. The Kier molecular flexibility index (Phi) is 73.4. The van der Waals surface area contributed by atoms with E-state index in [0.29, 0.717) is 31.6 Å². The highest BCUT2D eigenvalue weighted by Crippen LogP contribution is 2.45. The van der Waals surface area contributed by atoms with Gasteiger partial charge in [-0.3, -0.25) is 37.3 Å². The first-order chi connectivity index (χ1) is 50.7. The summed E-state index contributed by atoms with van der Waals surface area (Å²) in [6, 6.07) is 0. The normalized spacial score (nSPS) is 14.4. The van der Waals surface area contributed by atoms with Crippen LogP contribution in [0.2, 0.25) is 0 Å². The number of esters is 4. The number of ether oxygens (including phenoxy) is 4. The third kappa shape index (κ3) is 77.2.